The summed E-state index contributed by atoms with van der Waals surface area (Å²) in [5.41, 5.74) is 0. The molecule has 0 amide bonds. The largest absolute Gasteiger partial charge is 0.299 e. The van der Waals surface area contributed by atoms with Gasteiger partial charge in [-0.25, -0.2) is 0 Å². The van der Waals surface area contributed by atoms with Gasteiger partial charge in [0.05, 0.1) is 5.04 Å². The second-order valence-electron chi connectivity index (χ2n) is 8.05. The summed E-state index contributed by atoms with van der Waals surface area (Å²) in [6.07, 6.45) is 16.2. The minimum absolute atomic E-state index is 0.374. The number of nitrogens with one attached hydrogen (secondary N) is 2. The summed E-state index contributed by atoms with van der Waals surface area (Å²) < 4.78 is 11.8. The lowest BCUT2D eigenvalue weighted by molar-refractivity contribution is 0.424. The highest BCUT2D eigenvalue weighted by Gasteiger charge is 2.45. The van der Waals surface area contributed by atoms with E-state index in [0.29, 0.717) is 22.0 Å². The number of unbranched alkanes of at least 4 members (excludes halogenated alkanes) is 10. The molecule has 1 saturated heterocycles. The van der Waals surface area contributed by atoms with Gasteiger partial charge in [-0.2, -0.15) is 9.31 Å². The van der Waals surface area contributed by atoms with Gasteiger partial charge in [0.25, 0.3) is 0 Å². The van der Waals surface area contributed by atoms with E-state index in [-0.39, 0.29) is 0 Å². The zero-order chi connectivity index (χ0) is 20.9. The molecule has 1 atom stereocenters. The van der Waals surface area contributed by atoms with Crippen LogP contribution in [0.3, 0.4) is 0 Å². The minimum atomic E-state index is -2.80. The summed E-state index contributed by atoms with van der Waals surface area (Å²) >= 11 is 0. The Morgan fingerprint density at radius 3 is 1.86 bits per heavy atom. The second-order valence-corrected chi connectivity index (χ2v) is 13.4. The third kappa shape index (κ3) is 9.02. The Morgan fingerprint density at radius 2 is 1.36 bits per heavy atom. The molecule has 1 heterocycles. The van der Waals surface area contributed by atoms with Crippen LogP contribution in [0.15, 0.2) is 0 Å². The Balaban J connectivity index is 2.27. The van der Waals surface area contributed by atoms with Crippen molar-refractivity contribution in [2.75, 3.05) is 11.9 Å². The van der Waals surface area contributed by atoms with Gasteiger partial charge in [0.1, 0.15) is 11.0 Å². The van der Waals surface area contributed by atoms with Crippen molar-refractivity contribution in [3.63, 3.8) is 0 Å². The predicted octanol–water partition coefficient (Wildman–Crippen LogP) is 7.71. The summed E-state index contributed by atoms with van der Waals surface area (Å²) in [6.45, 7) is 4.45. The SMILES string of the molecule is C=S(COS1(=C)(C(=N)CCCCCCCC)CO1)C(=N)CCCCCCCC. The highest BCUT2D eigenvalue weighted by molar-refractivity contribution is 8.54. The fraction of sp³-hybridized carbons (Fsp3) is 0.818. The molecule has 0 saturated carbocycles. The van der Waals surface area contributed by atoms with E-state index < -0.39 is 19.8 Å². The van der Waals surface area contributed by atoms with Gasteiger partial charge in [-0.3, -0.25) is 19.2 Å². The summed E-state index contributed by atoms with van der Waals surface area (Å²) in [6, 6.07) is 0. The van der Waals surface area contributed by atoms with E-state index >= 15 is 0 Å². The smallest absolute Gasteiger partial charge is 0.152 e. The van der Waals surface area contributed by atoms with Crippen molar-refractivity contribution >= 4 is 41.6 Å². The van der Waals surface area contributed by atoms with E-state index in [1.807, 2.05) is 0 Å². The number of hydrogen-bond acceptors (Lipinski definition) is 4. The highest BCUT2D eigenvalue weighted by Crippen LogP contribution is 2.74. The standard InChI is InChI=1S/C22H44N2O2S2/c1-5-7-9-11-13-15-17-21(23)27(3)19-25-28(4,20-26-28)22(24)18-16-14-12-10-8-6-2/h23-24H,3-20H2,1-2H3. The first-order chi connectivity index (χ1) is 13.4. The summed E-state index contributed by atoms with van der Waals surface area (Å²) in [5.74, 6) is 9.18. The molecule has 6 heteroatoms. The molecule has 0 spiro atoms. The van der Waals surface area contributed by atoms with Crippen molar-refractivity contribution in [3.05, 3.63) is 0 Å². The van der Waals surface area contributed by atoms with E-state index in [1.54, 1.807) is 0 Å². The third-order valence-electron chi connectivity index (χ3n) is 5.38. The zero-order valence-corrected chi connectivity index (χ0v) is 20.0. The zero-order valence-electron chi connectivity index (χ0n) is 18.4. The van der Waals surface area contributed by atoms with Gasteiger partial charge in [0.15, 0.2) is 5.94 Å². The van der Waals surface area contributed by atoms with Crippen LogP contribution in [0, 0.1) is 10.8 Å². The molecule has 0 bridgehead atoms. The van der Waals surface area contributed by atoms with Crippen LogP contribution < -0.4 is 0 Å². The Morgan fingerprint density at radius 1 is 0.893 bits per heavy atom. The monoisotopic (exact) mass is 432 g/mol. The highest BCUT2D eigenvalue weighted by atomic mass is 32.3. The average Bonchev–Trinajstić information content (AvgIpc) is 3.40. The molecule has 28 heavy (non-hydrogen) atoms. The first-order valence-corrected chi connectivity index (χ1v) is 14.9. The molecule has 1 unspecified atom stereocenters. The fourth-order valence-electron chi connectivity index (χ4n) is 3.10. The fourth-order valence-corrected chi connectivity index (χ4v) is 6.82. The first kappa shape index (κ1) is 25.7. The molecule has 1 rings (SSSR count). The van der Waals surface area contributed by atoms with Crippen LogP contribution in [-0.4, -0.2) is 33.7 Å². The predicted molar refractivity (Wildman–Crippen MR) is 133 cm³/mol. The van der Waals surface area contributed by atoms with Crippen molar-refractivity contribution in [2.24, 2.45) is 0 Å². The molecule has 0 aliphatic carbocycles. The van der Waals surface area contributed by atoms with Crippen LogP contribution in [0.5, 0.6) is 0 Å². The normalized spacial score (nSPS) is 19.4. The topological polar surface area (TPSA) is 69.5 Å². The van der Waals surface area contributed by atoms with Crippen LogP contribution in [0.2, 0.25) is 0 Å². The molecule has 1 aliphatic rings. The van der Waals surface area contributed by atoms with Crippen LogP contribution in [-0.2, 0) is 8.37 Å². The maximum absolute atomic E-state index is 8.47. The van der Waals surface area contributed by atoms with E-state index in [0.717, 1.165) is 32.1 Å². The Kier molecular flexibility index (Phi) is 12.0. The van der Waals surface area contributed by atoms with Crippen molar-refractivity contribution in [3.8, 4) is 0 Å². The lowest BCUT2D eigenvalue weighted by atomic mass is 10.1. The third-order valence-corrected chi connectivity index (χ3v) is 9.79. The maximum Gasteiger partial charge on any atom is 0.152 e. The van der Waals surface area contributed by atoms with Crippen molar-refractivity contribution in [1.82, 2.24) is 0 Å². The quantitative estimate of drug-likeness (QED) is 0.0812. The summed E-state index contributed by atoms with van der Waals surface area (Å²) in [5, 5.41) is 18.0. The molecular formula is C22H44N2O2S2. The lowest BCUT2D eigenvalue weighted by Gasteiger charge is -2.32. The molecule has 0 aromatic rings. The molecule has 1 fully saturated rings. The second kappa shape index (κ2) is 13.1. The van der Waals surface area contributed by atoms with Gasteiger partial charge in [-0.15, -0.1) is 10.5 Å². The molecular weight excluding hydrogens is 388 g/mol. The van der Waals surface area contributed by atoms with Crippen LogP contribution >= 0.6 is 19.8 Å². The summed E-state index contributed by atoms with van der Waals surface area (Å²) in [4.78, 5) is 0. The Bertz CT molecular complexity index is 579. The van der Waals surface area contributed by atoms with Crippen molar-refractivity contribution < 1.29 is 8.37 Å². The van der Waals surface area contributed by atoms with Crippen molar-refractivity contribution in [1.29, 1.82) is 10.8 Å². The molecule has 1 aliphatic heterocycles. The number of hydrogen-bond donors (Lipinski definition) is 2. The number of rotatable bonds is 17. The van der Waals surface area contributed by atoms with Gasteiger partial charge in [0, 0.05) is 6.42 Å². The van der Waals surface area contributed by atoms with Crippen LogP contribution in [0.4, 0.5) is 0 Å². The molecule has 2 N–H and O–H groups in total. The van der Waals surface area contributed by atoms with Gasteiger partial charge < -0.3 is 0 Å². The molecule has 0 radical (unpaired) electrons. The summed E-state index contributed by atoms with van der Waals surface area (Å²) in [7, 11) is -3.26. The van der Waals surface area contributed by atoms with Gasteiger partial charge in [-0.05, 0) is 25.1 Å². The van der Waals surface area contributed by atoms with E-state index in [1.165, 1.54) is 57.8 Å². The maximum atomic E-state index is 8.47. The Labute approximate surface area is 176 Å². The molecule has 0 aromatic carbocycles. The van der Waals surface area contributed by atoms with Crippen LogP contribution in [0.1, 0.15) is 104 Å². The minimum Gasteiger partial charge on any atom is -0.299 e. The molecule has 0 aromatic heterocycles. The van der Waals surface area contributed by atoms with E-state index in [4.69, 9.17) is 19.2 Å². The van der Waals surface area contributed by atoms with Crippen LogP contribution in [0.25, 0.3) is 0 Å². The average molecular weight is 433 g/mol. The van der Waals surface area contributed by atoms with E-state index in [2.05, 4.69) is 25.6 Å². The van der Waals surface area contributed by atoms with Gasteiger partial charge in [0.2, 0.25) is 0 Å². The van der Waals surface area contributed by atoms with E-state index in [9.17, 15) is 0 Å². The molecule has 4 nitrogen and oxygen atoms in total. The van der Waals surface area contributed by atoms with Gasteiger partial charge in [-0.1, -0.05) is 83.9 Å². The van der Waals surface area contributed by atoms with Gasteiger partial charge >= 0.3 is 0 Å². The van der Waals surface area contributed by atoms with Crippen molar-refractivity contribution in [2.45, 2.75) is 104 Å². The Hall–Kier alpha value is -0.300. The lowest BCUT2D eigenvalue weighted by Crippen LogP contribution is -2.11. The molecule has 166 valence electrons. The first-order valence-electron chi connectivity index (χ1n) is 11.1.